The Hall–Kier alpha value is -2.44. The van der Waals surface area contributed by atoms with Gasteiger partial charge in [0.15, 0.2) is 0 Å². The molecule has 0 saturated carbocycles. The number of hydrogen-bond donors (Lipinski definition) is 3. The SMILES string of the molecule is CCCCCC/C=C\C/C=C\CCCCCCCC(=O)OCCCCCCCCCCC/C=C\C/C=C\CCCCCCCCCCCCCCCC(=O)NC(CO)C(O)/C=C/CCCCCCCCCCCCC. The molecule has 0 rings (SSSR count). The van der Waals surface area contributed by atoms with Crippen LogP contribution in [0.2, 0.25) is 0 Å². The fourth-order valence-electron chi connectivity index (χ4n) is 9.93. The molecule has 2 atom stereocenters. The van der Waals surface area contributed by atoms with Gasteiger partial charge in [-0.05, 0) is 96.3 Å². The van der Waals surface area contributed by atoms with Crippen LogP contribution in [0.3, 0.4) is 0 Å². The van der Waals surface area contributed by atoms with Crippen molar-refractivity contribution in [3.05, 3.63) is 60.8 Å². The van der Waals surface area contributed by atoms with Crippen molar-refractivity contribution in [1.29, 1.82) is 0 Å². The van der Waals surface area contributed by atoms with Crippen molar-refractivity contribution in [2.75, 3.05) is 13.2 Å². The quantitative estimate of drug-likeness (QED) is 0.0320. The van der Waals surface area contributed by atoms with Crippen LogP contribution in [0.25, 0.3) is 0 Å². The first-order chi connectivity index (χ1) is 37.0. The Balaban J connectivity index is 3.42. The number of amides is 1. The van der Waals surface area contributed by atoms with Gasteiger partial charge in [-0.2, -0.15) is 0 Å². The molecule has 0 aromatic carbocycles. The molecule has 3 N–H and O–H groups in total. The summed E-state index contributed by atoms with van der Waals surface area (Å²) in [4.78, 5) is 24.5. The van der Waals surface area contributed by atoms with Gasteiger partial charge in [0.2, 0.25) is 5.91 Å². The van der Waals surface area contributed by atoms with Gasteiger partial charge in [-0.25, -0.2) is 0 Å². The minimum Gasteiger partial charge on any atom is -0.466 e. The first kappa shape index (κ1) is 72.6. The molecule has 0 fully saturated rings. The summed E-state index contributed by atoms with van der Waals surface area (Å²) in [6.07, 6.45) is 84.2. The average Bonchev–Trinajstić information content (AvgIpc) is 3.41. The van der Waals surface area contributed by atoms with Gasteiger partial charge in [-0.3, -0.25) is 9.59 Å². The van der Waals surface area contributed by atoms with Crippen molar-refractivity contribution in [1.82, 2.24) is 5.32 Å². The number of aliphatic hydroxyl groups is 2. The Kier molecular flexibility index (Phi) is 62.0. The lowest BCUT2D eigenvalue weighted by molar-refractivity contribution is -0.143. The van der Waals surface area contributed by atoms with Crippen LogP contribution in [0.5, 0.6) is 0 Å². The number of ether oxygens (including phenoxy) is 1. The molecule has 1 amide bonds. The average molecular weight is 1050 g/mol. The predicted molar refractivity (Wildman–Crippen MR) is 328 cm³/mol. The lowest BCUT2D eigenvalue weighted by Gasteiger charge is -2.20. The Morgan fingerprint density at radius 3 is 1.03 bits per heavy atom. The molecule has 0 saturated heterocycles. The van der Waals surface area contributed by atoms with Gasteiger partial charge < -0.3 is 20.3 Å². The van der Waals surface area contributed by atoms with E-state index >= 15 is 0 Å². The number of rotatable bonds is 61. The van der Waals surface area contributed by atoms with Crippen LogP contribution in [0.15, 0.2) is 60.8 Å². The number of esters is 1. The van der Waals surface area contributed by atoms with E-state index in [1.165, 1.54) is 257 Å². The van der Waals surface area contributed by atoms with Crippen molar-refractivity contribution in [2.45, 2.75) is 353 Å². The van der Waals surface area contributed by atoms with E-state index < -0.39 is 12.1 Å². The van der Waals surface area contributed by atoms with Gasteiger partial charge in [0.05, 0.1) is 25.4 Å². The smallest absolute Gasteiger partial charge is 0.305 e. The summed E-state index contributed by atoms with van der Waals surface area (Å²) >= 11 is 0. The summed E-state index contributed by atoms with van der Waals surface area (Å²) < 4.78 is 5.48. The molecule has 0 radical (unpaired) electrons. The summed E-state index contributed by atoms with van der Waals surface area (Å²) in [6, 6.07) is -0.629. The highest BCUT2D eigenvalue weighted by atomic mass is 16.5. The van der Waals surface area contributed by atoms with Crippen LogP contribution in [-0.4, -0.2) is 47.4 Å². The van der Waals surface area contributed by atoms with Crippen LogP contribution < -0.4 is 5.32 Å². The lowest BCUT2D eigenvalue weighted by atomic mass is 10.0. The van der Waals surface area contributed by atoms with E-state index in [1.807, 2.05) is 6.08 Å². The van der Waals surface area contributed by atoms with Crippen molar-refractivity contribution >= 4 is 11.9 Å². The van der Waals surface area contributed by atoms with Crippen molar-refractivity contribution < 1.29 is 24.5 Å². The second-order valence-electron chi connectivity index (χ2n) is 22.4. The number of hydrogen-bond acceptors (Lipinski definition) is 5. The van der Waals surface area contributed by atoms with Crippen LogP contribution in [0.4, 0.5) is 0 Å². The summed E-state index contributed by atoms with van der Waals surface area (Å²) in [5.74, 6) is -0.0715. The zero-order valence-corrected chi connectivity index (χ0v) is 50.0. The number of nitrogens with one attached hydrogen (secondary N) is 1. The van der Waals surface area contributed by atoms with Gasteiger partial charge in [0.25, 0.3) is 0 Å². The van der Waals surface area contributed by atoms with E-state index in [9.17, 15) is 19.8 Å². The first-order valence-corrected chi connectivity index (χ1v) is 33.1. The van der Waals surface area contributed by atoms with Crippen molar-refractivity contribution in [3.63, 3.8) is 0 Å². The third-order valence-corrected chi connectivity index (χ3v) is 15.0. The number of carbonyl (C=O) groups excluding carboxylic acids is 2. The zero-order chi connectivity index (χ0) is 54.3. The van der Waals surface area contributed by atoms with Gasteiger partial charge in [-0.1, -0.05) is 293 Å². The van der Waals surface area contributed by atoms with Crippen LogP contribution in [0, 0.1) is 0 Å². The number of aliphatic hydroxyl groups excluding tert-OH is 2. The predicted octanol–water partition coefficient (Wildman–Crippen LogP) is 21.1. The zero-order valence-electron chi connectivity index (χ0n) is 50.0. The van der Waals surface area contributed by atoms with E-state index in [2.05, 4.69) is 67.8 Å². The Morgan fingerprint density at radius 1 is 0.373 bits per heavy atom. The molecule has 0 aromatic rings. The molecule has 0 spiro atoms. The van der Waals surface area contributed by atoms with Crippen molar-refractivity contribution in [3.8, 4) is 0 Å². The molecule has 0 aliphatic heterocycles. The minimum absolute atomic E-state index is 0.00225. The molecule has 75 heavy (non-hydrogen) atoms. The molecular weight excluding hydrogens is 923 g/mol. The summed E-state index contributed by atoms with van der Waals surface area (Å²) in [7, 11) is 0. The van der Waals surface area contributed by atoms with Gasteiger partial charge in [-0.15, -0.1) is 0 Å². The standard InChI is InChI=1S/C69H127NO5/c1-3-5-7-9-11-13-15-17-18-35-39-43-47-51-55-59-63-69(74)75-64-60-56-52-48-44-40-36-33-31-29-27-25-23-21-19-20-22-24-26-28-30-32-34-38-42-46-50-54-58-62-68(73)70-66(65-71)67(72)61-57-53-49-45-41-37-16-14-12-10-8-6-4-2/h13,15,18-19,21,25,27,35,57,61,66-67,71-72H,3-12,14,16-17,20,22-24,26,28-34,36-56,58-60,62-65H2,1-2H3,(H,70,73)/b15-13-,21-19-,27-25-,35-18-,61-57+. The molecule has 6 heteroatoms. The maximum Gasteiger partial charge on any atom is 0.305 e. The topological polar surface area (TPSA) is 95.9 Å². The molecule has 0 bridgehead atoms. The van der Waals surface area contributed by atoms with E-state index in [4.69, 9.17) is 4.74 Å². The molecule has 0 aliphatic carbocycles. The normalized spacial score (nSPS) is 13.0. The highest BCUT2D eigenvalue weighted by Gasteiger charge is 2.18. The van der Waals surface area contributed by atoms with E-state index in [-0.39, 0.29) is 18.5 Å². The summed E-state index contributed by atoms with van der Waals surface area (Å²) in [5, 5.41) is 23.1. The molecule has 0 aliphatic rings. The van der Waals surface area contributed by atoms with Gasteiger partial charge >= 0.3 is 5.97 Å². The lowest BCUT2D eigenvalue weighted by Crippen LogP contribution is -2.45. The molecule has 2 unspecified atom stereocenters. The van der Waals surface area contributed by atoms with Gasteiger partial charge in [0, 0.05) is 12.8 Å². The second kappa shape index (κ2) is 64.1. The number of unbranched alkanes of at least 4 members (excludes halogenated alkanes) is 42. The molecule has 438 valence electrons. The molecular formula is C69H127NO5. The molecule has 6 nitrogen and oxygen atoms in total. The molecule has 0 aromatic heterocycles. The second-order valence-corrected chi connectivity index (χ2v) is 22.4. The highest BCUT2D eigenvalue weighted by Crippen LogP contribution is 2.17. The first-order valence-electron chi connectivity index (χ1n) is 33.1. The van der Waals surface area contributed by atoms with Gasteiger partial charge in [0.1, 0.15) is 0 Å². The Bertz CT molecular complexity index is 1300. The van der Waals surface area contributed by atoms with Crippen LogP contribution >= 0.6 is 0 Å². The van der Waals surface area contributed by atoms with E-state index in [0.717, 1.165) is 57.8 Å². The maximum absolute atomic E-state index is 12.5. The summed E-state index contributed by atoms with van der Waals surface area (Å²) in [5.41, 5.74) is 0. The highest BCUT2D eigenvalue weighted by molar-refractivity contribution is 5.76. The van der Waals surface area contributed by atoms with E-state index in [1.54, 1.807) is 6.08 Å². The fourth-order valence-corrected chi connectivity index (χ4v) is 9.93. The third-order valence-electron chi connectivity index (χ3n) is 15.0. The molecule has 0 heterocycles. The van der Waals surface area contributed by atoms with Crippen LogP contribution in [-0.2, 0) is 14.3 Å². The Labute approximate surface area is 467 Å². The maximum atomic E-state index is 12.5. The van der Waals surface area contributed by atoms with Crippen LogP contribution in [0.1, 0.15) is 341 Å². The third kappa shape index (κ3) is 60.6. The fraction of sp³-hybridized carbons (Fsp3) is 0.826. The van der Waals surface area contributed by atoms with E-state index in [0.29, 0.717) is 19.4 Å². The largest absolute Gasteiger partial charge is 0.466 e. The minimum atomic E-state index is -0.845. The summed E-state index contributed by atoms with van der Waals surface area (Å²) in [6.45, 7) is 4.88. The number of allylic oxidation sites excluding steroid dienone is 9. The van der Waals surface area contributed by atoms with Crippen molar-refractivity contribution in [2.24, 2.45) is 0 Å². The Morgan fingerprint density at radius 2 is 0.667 bits per heavy atom. The number of carbonyl (C=O) groups is 2. The monoisotopic (exact) mass is 1050 g/mol.